The summed E-state index contributed by atoms with van der Waals surface area (Å²) in [5.74, 6) is 0.345. The van der Waals surface area contributed by atoms with Crippen LogP contribution >= 0.6 is 11.6 Å². The maximum atomic E-state index is 13.1. The summed E-state index contributed by atoms with van der Waals surface area (Å²) >= 11 is 6.07. The van der Waals surface area contributed by atoms with Crippen molar-refractivity contribution < 1.29 is 9.18 Å². The monoisotopic (exact) mass is 349 g/mol. The fraction of sp³-hybridized carbons (Fsp3) is 0.444. The molecule has 1 saturated carbocycles. The molecule has 1 aliphatic rings. The minimum absolute atomic E-state index is 0.0548. The summed E-state index contributed by atoms with van der Waals surface area (Å²) in [5, 5.41) is 7.73. The first-order valence-corrected chi connectivity index (χ1v) is 8.70. The number of nitrogens with zero attached hydrogens (tertiary/aromatic N) is 2. The molecule has 0 unspecified atom stereocenters. The van der Waals surface area contributed by atoms with Gasteiger partial charge in [-0.25, -0.2) is 4.39 Å². The van der Waals surface area contributed by atoms with Gasteiger partial charge in [0.25, 0.3) is 0 Å². The van der Waals surface area contributed by atoms with Crippen LogP contribution < -0.4 is 5.32 Å². The zero-order valence-corrected chi connectivity index (χ0v) is 14.4. The molecule has 1 heterocycles. The van der Waals surface area contributed by atoms with E-state index < -0.39 is 0 Å². The van der Waals surface area contributed by atoms with Crippen molar-refractivity contribution in [2.24, 2.45) is 5.92 Å². The Bertz CT molecular complexity index is 738. The number of hydrogen-bond donors (Lipinski definition) is 1. The van der Waals surface area contributed by atoms with Crippen LogP contribution in [0.15, 0.2) is 24.3 Å². The second-order valence-corrected chi connectivity index (χ2v) is 6.80. The molecular formula is C18H21ClFN3O. The van der Waals surface area contributed by atoms with Crippen LogP contribution in [-0.4, -0.2) is 15.7 Å². The number of halogens is 2. The van der Waals surface area contributed by atoms with Crippen LogP contribution in [0.2, 0.25) is 5.02 Å². The molecule has 0 atom stereocenters. The normalized spacial score (nSPS) is 15.5. The molecule has 6 heteroatoms. The lowest BCUT2D eigenvalue weighted by Crippen LogP contribution is -2.25. The number of hydrogen-bond acceptors (Lipinski definition) is 2. The molecule has 0 spiro atoms. The lowest BCUT2D eigenvalue weighted by molar-refractivity contribution is -0.120. The van der Waals surface area contributed by atoms with Gasteiger partial charge < -0.3 is 5.32 Å². The van der Waals surface area contributed by atoms with E-state index in [1.807, 2.05) is 13.0 Å². The van der Waals surface area contributed by atoms with E-state index in [1.165, 1.54) is 18.6 Å². The summed E-state index contributed by atoms with van der Waals surface area (Å²) in [7, 11) is 0. The number of aromatic nitrogens is 2. The van der Waals surface area contributed by atoms with Crippen LogP contribution in [0.1, 0.15) is 43.4 Å². The van der Waals surface area contributed by atoms with Gasteiger partial charge in [-0.1, -0.05) is 36.9 Å². The van der Waals surface area contributed by atoms with Gasteiger partial charge in [0.2, 0.25) is 5.91 Å². The molecule has 0 radical (unpaired) electrons. The number of carbonyl (C=O) groups is 1. The Balaban J connectivity index is 1.69. The minimum Gasteiger partial charge on any atom is -0.309 e. The number of nitrogens with one attached hydrogen (secondary N) is 1. The predicted molar refractivity (Wildman–Crippen MR) is 92.7 cm³/mol. The molecule has 1 N–H and O–H groups in total. The quantitative estimate of drug-likeness (QED) is 0.880. The van der Waals surface area contributed by atoms with Crippen LogP contribution in [0.25, 0.3) is 0 Å². The second-order valence-electron chi connectivity index (χ2n) is 6.39. The van der Waals surface area contributed by atoms with Crippen LogP contribution in [-0.2, 0) is 11.3 Å². The molecule has 2 aromatic rings. The first kappa shape index (κ1) is 17.0. The molecule has 128 valence electrons. The summed E-state index contributed by atoms with van der Waals surface area (Å²) in [6, 6.07) is 6.17. The molecule has 1 fully saturated rings. The summed E-state index contributed by atoms with van der Waals surface area (Å²) in [6.07, 6.45) is 5.37. The van der Waals surface area contributed by atoms with E-state index in [-0.39, 0.29) is 17.6 Å². The number of carbonyl (C=O) groups excluding carboxylic acids is 1. The van der Waals surface area contributed by atoms with E-state index in [1.54, 1.807) is 10.7 Å². The number of benzene rings is 1. The van der Waals surface area contributed by atoms with E-state index in [0.29, 0.717) is 17.4 Å². The lowest BCUT2D eigenvalue weighted by atomic mass is 9.89. The highest BCUT2D eigenvalue weighted by Gasteiger charge is 2.22. The highest BCUT2D eigenvalue weighted by atomic mass is 35.5. The molecule has 0 saturated heterocycles. The van der Waals surface area contributed by atoms with Crippen molar-refractivity contribution in [2.45, 2.75) is 45.6 Å². The Morgan fingerprint density at radius 2 is 2.08 bits per heavy atom. The Morgan fingerprint density at radius 3 is 2.79 bits per heavy atom. The molecule has 4 nitrogen and oxygen atoms in total. The number of anilines is 1. The number of amides is 1. The smallest absolute Gasteiger partial charge is 0.228 e. The predicted octanol–water partition coefficient (Wildman–Crippen LogP) is 4.55. The standard InChI is InChI=1S/C18H21ClFN3O/c1-12-9-17(21-18(24)13-5-3-2-4-6-13)22-23(12)11-14-7-8-15(20)10-16(14)19/h7-10,13H,2-6,11H2,1H3,(H,21,22,24). The Labute approximate surface area is 146 Å². The average Bonchev–Trinajstić information content (AvgIpc) is 2.90. The van der Waals surface area contributed by atoms with Crippen molar-refractivity contribution in [1.29, 1.82) is 0 Å². The lowest BCUT2D eigenvalue weighted by Gasteiger charge is -2.19. The Hall–Kier alpha value is -1.88. The average molecular weight is 350 g/mol. The fourth-order valence-corrected chi connectivity index (χ4v) is 3.36. The van der Waals surface area contributed by atoms with Crippen LogP contribution in [0.3, 0.4) is 0 Å². The van der Waals surface area contributed by atoms with E-state index in [4.69, 9.17) is 11.6 Å². The topological polar surface area (TPSA) is 46.9 Å². The van der Waals surface area contributed by atoms with Gasteiger partial charge in [0, 0.05) is 22.7 Å². The van der Waals surface area contributed by atoms with Gasteiger partial charge in [-0.05, 0) is 37.5 Å². The SMILES string of the molecule is Cc1cc(NC(=O)C2CCCCC2)nn1Cc1ccc(F)cc1Cl. The first-order chi connectivity index (χ1) is 11.5. The van der Waals surface area contributed by atoms with E-state index in [9.17, 15) is 9.18 Å². The molecule has 24 heavy (non-hydrogen) atoms. The van der Waals surface area contributed by atoms with Gasteiger partial charge in [0.05, 0.1) is 6.54 Å². The van der Waals surface area contributed by atoms with Crippen LogP contribution in [0.4, 0.5) is 10.2 Å². The van der Waals surface area contributed by atoms with Crippen molar-refractivity contribution in [3.05, 3.63) is 46.4 Å². The van der Waals surface area contributed by atoms with Crippen LogP contribution in [0.5, 0.6) is 0 Å². The number of aryl methyl sites for hydroxylation is 1. The number of rotatable bonds is 4. The maximum absolute atomic E-state index is 13.1. The zero-order valence-electron chi connectivity index (χ0n) is 13.7. The Kier molecular flexibility index (Phi) is 5.19. The second kappa shape index (κ2) is 7.34. The van der Waals surface area contributed by atoms with Crippen molar-refractivity contribution in [3.8, 4) is 0 Å². The Morgan fingerprint density at radius 1 is 1.33 bits per heavy atom. The summed E-state index contributed by atoms with van der Waals surface area (Å²) < 4.78 is 14.9. The fourth-order valence-electron chi connectivity index (χ4n) is 3.14. The molecule has 0 aliphatic heterocycles. The third-order valence-electron chi connectivity index (χ3n) is 4.54. The summed E-state index contributed by atoms with van der Waals surface area (Å²) in [5.41, 5.74) is 1.70. The largest absolute Gasteiger partial charge is 0.309 e. The molecule has 1 aliphatic carbocycles. The minimum atomic E-state index is -0.360. The molecule has 1 aromatic heterocycles. The maximum Gasteiger partial charge on any atom is 0.228 e. The van der Waals surface area contributed by atoms with Gasteiger partial charge in [0.15, 0.2) is 5.82 Å². The molecule has 1 amide bonds. The van der Waals surface area contributed by atoms with E-state index in [2.05, 4.69) is 10.4 Å². The highest BCUT2D eigenvalue weighted by Crippen LogP contribution is 2.25. The van der Waals surface area contributed by atoms with Gasteiger partial charge in [-0.15, -0.1) is 0 Å². The van der Waals surface area contributed by atoms with Crippen molar-refractivity contribution in [3.63, 3.8) is 0 Å². The van der Waals surface area contributed by atoms with Gasteiger partial charge in [0.1, 0.15) is 5.82 Å². The highest BCUT2D eigenvalue weighted by molar-refractivity contribution is 6.31. The molecule has 1 aromatic carbocycles. The third kappa shape index (κ3) is 3.96. The first-order valence-electron chi connectivity index (χ1n) is 8.32. The van der Waals surface area contributed by atoms with Gasteiger partial charge in [-0.2, -0.15) is 5.10 Å². The van der Waals surface area contributed by atoms with Crippen molar-refractivity contribution >= 4 is 23.3 Å². The molecular weight excluding hydrogens is 329 g/mol. The van der Waals surface area contributed by atoms with Crippen molar-refractivity contribution in [1.82, 2.24) is 9.78 Å². The van der Waals surface area contributed by atoms with Gasteiger partial charge >= 0.3 is 0 Å². The third-order valence-corrected chi connectivity index (χ3v) is 4.90. The summed E-state index contributed by atoms with van der Waals surface area (Å²) in [4.78, 5) is 12.3. The molecule has 3 rings (SSSR count). The van der Waals surface area contributed by atoms with Crippen LogP contribution in [0, 0.1) is 18.7 Å². The summed E-state index contributed by atoms with van der Waals surface area (Å²) in [6.45, 7) is 2.35. The zero-order chi connectivity index (χ0) is 17.1. The van der Waals surface area contributed by atoms with E-state index >= 15 is 0 Å². The van der Waals surface area contributed by atoms with E-state index in [0.717, 1.165) is 36.9 Å². The molecule has 0 bridgehead atoms. The van der Waals surface area contributed by atoms with Crippen molar-refractivity contribution in [2.75, 3.05) is 5.32 Å². The van der Waals surface area contributed by atoms with Gasteiger partial charge in [-0.3, -0.25) is 9.48 Å².